The Morgan fingerprint density at radius 3 is 2.48 bits per heavy atom. The number of benzene rings is 1. The highest BCUT2D eigenvalue weighted by Crippen LogP contribution is 2.26. The number of hydrogen-bond acceptors (Lipinski definition) is 4. The first-order valence-corrected chi connectivity index (χ1v) is 8.60. The van der Waals surface area contributed by atoms with Crippen molar-refractivity contribution in [2.75, 3.05) is 33.3 Å². The Kier molecular flexibility index (Phi) is 4.97. The van der Waals surface area contributed by atoms with Crippen molar-refractivity contribution in [3.8, 4) is 5.75 Å². The molecule has 0 saturated carbocycles. The van der Waals surface area contributed by atoms with Crippen LogP contribution in [0.5, 0.6) is 5.75 Å². The number of fused-ring (bicyclic) bond motifs is 1. The lowest BCUT2D eigenvalue weighted by atomic mass is 10.1. The molecule has 2 aromatic rings. The molecule has 6 nitrogen and oxygen atoms in total. The molecule has 0 radical (unpaired) electrons. The average Bonchev–Trinajstić information content (AvgIpc) is 3.03. The summed E-state index contributed by atoms with van der Waals surface area (Å²) in [4.78, 5) is 28.3. The molecule has 6 heteroatoms. The SMILES string of the molecule is COc1ccc2c(CC(=O)N3CCN(C(=O)C(C)C)CC3)coc2c1. The number of nitrogens with zero attached hydrogens (tertiary/aromatic N) is 2. The minimum Gasteiger partial charge on any atom is -0.497 e. The number of amides is 2. The molecule has 1 fully saturated rings. The number of carbonyl (C=O) groups is 2. The van der Waals surface area contributed by atoms with Crippen LogP contribution in [0.2, 0.25) is 0 Å². The van der Waals surface area contributed by atoms with Crippen molar-refractivity contribution in [2.45, 2.75) is 20.3 Å². The van der Waals surface area contributed by atoms with Crippen molar-refractivity contribution in [3.63, 3.8) is 0 Å². The number of methoxy groups -OCH3 is 1. The molecule has 1 aromatic heterocycles. The van der Waals surface area contributed by atoms with Gasteiger partial charge in [0.2, 0.25) is 11.8 Å². The molecular weight excluding hydrogens is 320 g/mol. The van der Waals surface area contributed by atoms with E-state index in [2.05, 4.69) is 0 Å². The van der Waals surface area contributed by atoms with E-state index in [4.69, 9.17) is 9.15 Å². The highest BCUT2D eigenvalue weighted by atomic mass is 16.5. The normalized spacial score (nSPS) is 15.0. The van der Waals surface area contributed by atoms with Crippen LogP contribution in [0.3, 0.4) is 0 Å². The quantitative estimate of drug-likeness (QED) is 0.854. The molecular formula is C19H24N2O4. The molecule has 0 N–H and O–H groups in total. The van der Waals surface area contributed by atoms with Crippen molar-refractivity contribution in [3.05, 3.63) is 30.0 Å². The van der Waals surface area contributed by atoms with E-state index in [-0.39, 0.29) is 17.7 Å². The maximum Gasteiger partial charge on any atom is 0.227 e. The maximum atomic E-state index is 12.6. The molecule has 3 rings (SSSR count). The summed E-state index contributed by atoms with van der Waals surface area (Å²) in [6, 6.07) is 5.60. The minimum absolute atomic E-state index is 0.00321. The van der Waals surface area contributed by atoms with Crippen LogP contribution in [0.25, 0.3) is 11.0 Å². The summed E-state index contributed by atoms with van der Waals surface area (Å²) >= 11 is 0. The number of hydrogen-bond donors (Lipinski definition) is 0. The summed E-state index contributed by atoms with van der Waals surface area (Å²) in [5.74, 6) is 0.944. The van der Waals surface area contributed by atoms with E-state index in [0.29, 0.717) is 32.6 Å². The van der Waals surface area contributed by atoms with Gasteiger partial charge in [0.05, 0.1) is 19.8 Å². The number of piperazine rings is 1. The molecule has 0 bridgehead atoms. The Bertz CT molecular complexity index is 773. The van der Waals surface area contributed by atoms with Crippen LogP contribution >= 0.6 is 0 Å². The third kappa shape index (κ3) is 3.62. The van der Waals surface area contributed by atoms with Gasteiger partial charge in [-0.05, 0) is 12.1 Å². The van der Waals surface area contributed by atoms with Gasteiger partial charge in [0.25, 0.3) is 0 Å². The van der Waals surface area contributed by atoms with Gasteiger partial charge in [-0.25, -0.2) is 0 Å². The Labute approximate surface area is 147 Å². The zero-order valence-corrected chi connectivity index (χ0v) is 14.9. The third-order valence-corrected chi connectivity index (χ3v) is 4.64. The van der Waals surface area contributed by atoms with Crippen molar-refractivity contribution < 1.29 is 18.7 Å². The number of carbonyl (C=O) groups excluding carboxylic acids is 2. The predicted molar refractivity (Wildman–Crippen MR) is 94.5 cm³/mol. The number of furan rings is 1. The lowest BCUT2D eigenvalue weighted by molar-refractivity contribution is -0.141. The van der Waals surface area contributed by atoms with Gasteiger partial charge in [0.15, 0.2) is 0 Å². The number of rotatable bonds is 4. The smallest absolute Gasteiger partial charge is 0.227 e. The van der Waals surface area contributed by atoms with Crippen LogP contribution in [-0.2, 0) is 16.0 Å². The van der Waals surface area contributed by atoms with Gasteiger partial charge >= 0.3 is 0 Å². The van der Waals surface area contributed by atoms with E-state index in [9.17, 15) is 9.59 Å². The van der Waals surface area contributed by atoms with Gasteiger partial charge in [-0.3, -0.25) is 9.59 Å². The first-order chi connectivity index (χ1) is 12.0. The van der Waals surface area contributed by atoms with Gasteiger partial charge in [-0.2, -0.15) is 0 Å². The fourth-order valence-electron chi connectivity index (χ4n) is 3.14. The van der Waals surface area contributed by atoms with Crippen molar-refractivity contribution >= 4 is 22.8 Å². The zero-order chi connectivity index (χ0) is 18.0. The Morgan fingerprint density at radius 1 is 1.16 bits per heavy atom. The summed E-state index contributed by atoms with van der Waals surface area (Å²) in [5.41, 5.74) is 1.60. The van der Waals surface area contributed by atoms with Gasteiger partial charge in [0, 0.05) is 49.1 Å². The molecule has 1 saturated heterocycles. The Balaban J connectivity index is 1.63. The van der Waals surface area contributed by atoms with Crippen LogP contribution in [0, 0.1) is 5.92 Å². The third-order valence-electron chi connectivity index (χ3n) is 4.64. The van der Waals surface area contributed by atoms with Gasteiger partial charge in [0.1, 0.15) is 11.3 Å². The molecule has 134 valence electrons. The second-order valence-electron chi connectivity index (χ2n) is 6.66. The fourth-order valence-corrected chi connectivity index (χ4v) is 3.14. The highest BCUT2D eigenvalue weighted by molar-refractivity contribution is 5.88. The first-order valence-electron chi connectivity index (χ1n) is 8.60. The molecule has 0 spiro atoms. The average molecular weight is 344 g/mol. The topological polar surface area (TPSA) is 63.0 Å². The Hall–Kier alpha value is -2.50. The van der Waals surface area contributed by atoms with E-state index < -0.39 is 0 Å². The van der Waals surface area contributed by atoms with Crippen LogP contribution in [0.15, 0.2) is 28.9 Å². The summed E-state index contributed by atoms with van der Waals surface area (Å²) in [6.45, 7) is 6.18. The molecule has 25 heavy (non-hydrogen) atoms. The minimum atomic E-state index is -0.00321. The van der Waals surface area contributed by atoms with Gasteiger partial charge in [-0.15, -0.1) is 0 Å². The lowest BCUT2D eigenvalue weighted by Gasteiger charge is -2.35. The standard InChI is InChI=1S/C19H24N2O4/c1-13(2)19(23)21-8-6-20(7-9-21)18(22)10-14-12-25-17-11-15(24-3)4-5-16(14)17/h4-5,11-13H,6-10H2,1-3H3. The molecule has 2 heterocycles. The second-order valence-corrected chi connectivity index (χ2v) is 6.66. The summed E-state index contributed by atoms with van der Waals surface area (Å²) < 4.78 is 10.7. The molecule has 0 aliphatic carbocycles. The molecule has 1 aliphatic rings. The first kappa shape index (κ1) is 17.3. The van der Waals surface area contributed by atoms with E-state index >= 15 is 0 Å². The second kappa shape index (κ2) is 7.17. The summed E-state index contributed by atoms with van der Waals surface area (Å²) in [6.07, 6.45) is 1.94. The maximum absolute atomic E-state index is 12.6. The molecule has 1 aromatic carbocycles. The largest absolute Gasteiger partial charge is 0.497 e. The predicted octanol–water partition coefficient (Wildman–Crippen LogP) is 2.31. The number of ether oxygens (including phenoxy) is 1. The molecule has 0 atom stereocenters. The van der Waals surface area contributed by atoms with E-state index in [0.717, 1.165) is 22.3 Å². The summed E-state index contributed by atoms with van der Waals surface area (Å²) in [5, 5.41) is 0.933. The molecule has 1 aliphatic heterocycles. The monoisotopic (exact) mass is 344 g/mol. The van der Waals surface area contributed by atoms with Gasteiger partial charge < -0.3 is 19.0 Å². The van der Waals surface area contributed by atoms with Crippen molar-refractivity contribution in [2.24, 2.45) is 5.92 Å². The van der Waals surface area contributed by atoms with Crippen LogP contribution in [0.1, 0.15) is 19.4 Å². The fraction of sp³-hybridized carbons (Fsp3) is 0.474. The van der Waals surface area contributed by atoms with E-state index in [1.54, 1.807) is 13.4 Å². The van der Waals surface area contributed by atoms with Crippen LogP contribution < -0.4 is 4.74 Å². The van der Waals surface area contributed by atoms with Gasteiger partial charge in [-0.1, -0.05) is 13.8 Å². The van der Waals surface area contributed by atoms with E-state index in [1.165, 1.54) is 0 Å². The molecule has 2 amide bonds. The van der Waals surface area contributed by atoms with Crippen molar-refractivity contribution in [1.82, 2.24) is 9.80 Å². The van der Waals surface area contributed by atoms with E-state index in [1.807, 2.05) is 41.8 Å². The van der Waals surface area contributed by atoms with Crippen LogP contribution in [0.4, 0.5) is 0 Å². The lowest BCUT2D eigenvalue weighted by Crippen LogP contribution is -2.51. The summed E-state index contributed by atoms with van der Waals surface area (Å²) in [7, 11) is 1.61. The van der Waals surface area contributed by atoms with Crippen LogP contribution in [-0.4, -0.2) is 54.9 Å². The van der Waals surface area contributed by atoms with Crippen molar-refractivity contribution in [1.29, 1.82) is 0 Å². The Morgan fingerprint density at radius 2 is 1.84 bits per heavy atom. The highest BCUT2D eigenvalue weighted by Gasteiger charge is 2.25. The molecule has 0 unspecified atom stereocenters. The zero-order valence-electron chi connectivity index (χ0n) is 14.9.